The molecule has 0 aromatic heterocycles. The van der Waals surface area contributed by atoms with Crippen LogP contribution in [0.4, 0.5) is 8.78 Å². The number of rotatable bonds is 3. The van der Waals surface area contributed by atoms with E-state index >= 15 is 0 Å². The zero-order chi connectivity index (χ0) is 15.7. The summed E-state index contributed by atoms with van der Waals surface area (Å²) in [7, 11) is 0. The van der Waals surface area contributed by atoms with Gasteiger partial charge < -0.3 is 4.74 Å². The average Bonchev–Trinajstić information content (AvgIpc) is 2.52. The van der Waals surface area contributed by atoms with Crippen LogP contribution >= 0.6 is 15.9 Å². The number of halogens is 3. The summed E-state index contributed by atoms with van der Waals surface area (Å²) in [6.45, 7) is 0.352. The Morgan fingerprint density at radius 3 is 2.68 bits per heavy atom. The summed E-state index contributed by atoms with van der Waals surface area (Å²) < 4.78 is 33.7. The normalized spacial score (nSPS) is 17.4. The lowest BCUT2D eigenvalue weighted by atomic mass is 9.87. The number of hydrogen-bond acceptors (Lipinski definition) is 2. The Morgan fingerprint density at radius 2 is 1.95 bits per heavy atom. The van der Waals surface area contributed by atoms with E-state index < -0.39 is 17.7 Å². The molecule has 2 aromatic rings. The van der Waals surface area contributed by atoms with Crippen LogP contribution in [-0.2, 0) is 11.3 Å². The van der Waals surface area contributed by atoms with E-state index in [2.05, 4.69) is 15.9 Å². The van der Waals surface area contributed by atoms with Crippen molar-refractivity contribution in [3.63, 3.8) is 0 Å². The second kappa shape index (κ2) is 6.26. The molecule has 3 rings (SSSR count). The molecule has 0 radical (unpaired) electrons. The molecular formula is C17H13BrF2O2. The summed E-state index contributed by atoms with van der Waals surface area (Å²) in [6, 6.07) is 10.6. The number of carbonyl (C=O) groups is 1. The van der Waals surface area contributed by atoms with Crippen molar-refractivity contribution in [1.82, 2.24) is 0 Å². The van der Waals surface area contributed by atoms with Gasteiger partial charge in [-0.05, 0) is 18.1 Å². The predicted molar refractivity (Wildman–Crippen MR) is 81.6 cm³/mol. The molecule has 0 heterocycles. The molecule has 0 saturated carbocycles. The molecule has 1 unspecified atom stereocenters. The number of carbonyl (C=O) groups excluding carboxylic acids is 1. The molecule has 0 N–H and O–H groups in total. The molecule has 2 aromatic carbocycles. The topological polar surface area (TPSA) is 26.3 Å². The minimum absolute atomic E-state index is 0.152. The van der Waals surface area contributed by atoms with Crippen LogP contribution in [0.15, 0.2) is 40.9 Å². The minimum Gasteiger partial charge on any atom is -0.369 e. The third-order valence-corrected chi connectivity index (χ3v) is 4.39. The molecule has 1 atom stereocenters. The third-order valence-electron chi connectivity index (χ3n) is 3.74. The van der Waals surface area contributed by atoms with Gasteiger partial charge in [-0.15, -0.1) is 0 Å². The van der Waals surface area contributed by atoms with Crippen molar-refractivity contribution >= 4 is 21.7 Å². The van der Waals surface area contributed by atoms with Gasteiger partial charge in [-0.3, -0.25) is 4.79 Å². The smallest absolute Gasteiger partial charge is 0.170 e. The summed E-state index contributed by atoms with van der Waals surface area (Å²) in [6.07, 6.45) is 0.180. The molecular weight excluding hydrogens is 354 g/mol. The van der Waals surface area contributed by atoms with Gasteiger partial charge >= 0.3 is 0 Å². The number of ketones is 1. The van der Waals surface area contributed by atoms with E-state index in [1.54, 1.807) is 0 Å². The molecule has 0 spiro atoms. The van der Waals surface area contributed by atoms with Gasteiger partial charge in [0, 0.05) is 16.5 Å². The second-order valence-corrected chi connectivity index (χ2v) is 6.04. The van der Waals surface area contributed by atoms with Crippen LogP contribution in [0.2, 0.25) is 0 Å². The van der Waals surface area contributed by atoms with Crippen LogP contribution < -0.4 is 0 Å². The van der Waals surface area contributed by atoms with E-state index in [0.717, 1.165) is 11.6 Å². The number of Topliss-reactive ketones (excluding diaryl/α,β-unsaturated/α-hetero) is 1. The van der Waals surface area contributed by atoms with Crippen LogP contribution in [0.3, 0.4) is 0 Å². The van der Waals surface area contributed by atoms with Gasteiger partial charge in [-0.1, -0.05) is 46.3 Å². The highest BCUT2D eigenvalue weighted by Gasteiger charge is 2.32. The lowest BCUT2D eigenvalue weighted by Crippen LogP contribution is -2.21. The first-order valence-electron chi connectivity index (χ1n) is 6.94. The van der Waals surface area contributed by atoms with Gasteiger partial charge in [0.1, 0.15) is 0 Å². The van der Waals surface area contributed by atoms with Gasteiger partial charge in [-0.25, -0.2) is 8.78 Å². The number of benzene rings is 2. The molecule has 114 valence electrons. The Balaban J connectivity index is 1.92. The Labute approximate surface area is 135 Å². The fourth-order valence-electron chi connectivity index (χ4n) is 2.67. The highest BCUT2D eigenvalue weighted by atomic mass is 79.9. The van der Waals surface area contributed by atoms with Crippen LogP contribution in [-0.4, -0.2) is 5.78 Å². The summed E-state index contributed by atoms with van der Waals surface area (Å²) in [4.78, 5) is 11.9. The summed E-state index contributed by atoms with van der Waals surface area (Å²) in [5.41, 5.74) is 1.21. The van der Waals surface area contributed by atoms with Gasteiger partial charge in [0.2, 0.25) is 0 Å². The second-order valence-electron chi connectivity index (χ2n) is 5.19. The predicted octanol–water partition coefficient (Wildman–Crippen LogP) is 4.96. The standard InChI is InChI=1S/C17H13BrF2O2/c18-11-8-12(19)17(20)16-13(21)6-7-14(15(11)16)22-9-10-4-2-1-3-5-10/h1-5,8,14H,6-7,9H2. The fraction of sp³-hybridized carbons (Fsp3) is 0.235. The van der Waals surface area contributed by atoms with Gasteiger partial charge in [0.05, 0.1) is 18.3 Å². The largest absolute Gasteiger partial charge is 0.369 e. The maximum absolute atomic E-state index is 14.0. The summed E-state index contributed by atoms with van der Waals surface area (Å²) >= 11 is 3.22. The summed E-state index contributed by atoms with van der Waals surface area (Å²) in [5.74, 6) is -2.49. The first-order valence-corrected chi connectivity index (χ1v) is 7.73. The molecule has 0 fully saturated rings. The Kier molecular flexibility index (Phi) is 4.36. The van der Waals surface area contributed by atoms with Crippen molar-refractivity contribution in [3.05, 3.63) is 69.2 Å². The van der Waals surface area contributed by atoms with Crippen LogP contribution in [0.5, 0.6) is 0 Å². The zero-order valence-electron chi connectivity index (χ0n) is 11.6. The molecule has 0 bridgehead atoms. The van der Waals surface area contributed by atoms with E-state index in [1.807, 2.05) is 30.3 Å². The lowest BCUT2D eigenvalue weighted by molar-refractivity contribution is 0.0268. The Hall–Kier alpha value is -1.59. The fourth-order valence-corrected chi connectivity index (χ4v) is 3.32. The average molecular weight is 367 g/mol. The third kappa shape index (κ3) is 2.83. The molecule has 22 heavy (non-hydrogen) atoms. The van der Waals surface area contributed by atoms with Crippen LogP contribution in [0.1, 0.15) is 40.4 Å². The molecule has 5 heteroatoms. The van der Waals surface area contributed by atoms with E-state index in [0.29, 0.717) is 23.1 Å². The van der Waals surface area contributed by atoms with Crippen molar-refractivity contribution in [2.24, 2.45) is 0 Å². The lowest BCUT2D eigenvalue weighted by Gasteiger charge is -2.26. The first kappa shape index (κ1) is 15.3. The molecule has 1 aliphatic carbocycles. The molecule has 0 amide bonds. The highest BCUT2D eigenvalue weighted by molar-refractivity contribution is 9.10. The molecule has 0 saturated heterocycles. The van der Waals surface area contributed by atoms with Crippen molar-refractivity contribution in [1.29, 1.82) is 0 Å². The zero-order valence-corrected chi connectivity index (χ0v) is 13.2. The summed E-state index contributed by atoms with van der Waals surface area (Å²) in [5, 5.41) is 0. The van der Waals surface area contributed by atoms with Gasteiger partial charge in [0.15, 0.2) is 17.4 Å². The number of hydrogen-bond donors (Lipinski definition) is 0. The monoisotopic (exact) mass is 366 g/mol. The van der Waals surface area contributed by atoms with Gasteiger partial charge in [0.25, 0.3) is 0 Å². The Morgan fingerprint density at radius 1 is 1.23 bits per heavy atom. The van der Waals surface area contributed by atoms with E-state index in [1.165, 1.54) is 0 Å². The highest BCUT2D eigenvalue weighted by Crippen LogP contribution is 2.39. The van der Waals surface area contributed by atoms with Gasteiger partial charge in [-0.2, -0.15) is 0 Å². The molecule has 1 aliphatic rings. The quantitative estimate of drug-likeness (QED) is 0.717. The molecule has 2 nitrogen and oxygen atoms in total. The molecule has 0 aliphatic heterocycles. The van der Waals surface area contributed by atoms with Crippen molar-refractivity contribution in [2.45, 2.75) is 25.6 Å². The maximum Gasteiger partial charge on any atom is 0.170 e. The van der Waals surface area contributed by atoms with Crippen molar-refractivity contribution in [2.75, 3.05) is 0 Å². The Bertz CT molecular complexity index is 716. The number of fused-ring (bicyclic) bond motifs is 1. The van der Waals surface area contributed by atoms with Crippen molar-refractivity contribution in [3.8, 4) is 0 Å². The first-order chi connectivity index (χ1) is 10.6. The maximum atomic E-state index is 14.0. The van der Waals surface area contributed by atoms with E-state index in [4.69, 9.17) is 4.74 Å². The number of ether oxygens (including phenoxy) is 1. The van der Waals surface area contributed by atoms with Crippen molar-refractivity contribution < 1.29 is 18.3 Å². The van der Waals surface area contributed by atoms with Crippen LogP contribution in [0.25, 0.3) is 0 Å². The van der Waals surface area contributed by atoms with E-state index in [9.17, 15) is 13.6 Å². The minimum atomic E-state index is -1.09. The van der Waals surface area contributed by atoms with E-state index in [-0.39, 0.29) is 17.8 Å². The SMILES string of the molecule is O=C1CCC(OCc2ccccc2)c2c(Br)cc(F)c(F)c21. The van der Waals surface area contributed by atoms with Crippen LogP contribution in [0, 0.1) is 11.6 Å².